The standard InChI is InChI=1S/C20H27N5O/c26-19(21-14-18-24-23-17-10-5-2-6-13-25(17)18)22-15-20(11-7-12-20)16-8-3-1-4-9-16/h1,3-4,8-9H,2,5-7,10-15H2,(H2,21,22,26). The van der Waals surface area contributed by atoms with E-state index in [4.69, 9.17) is 0 Å². The molecule has 26 heavy (non-hydrogen) atoms. The zero-order chi connectivity index (χ0) is 17.8. The van der Waals surface area contributed by atoms with Gasteiger partial charge in [0.1, 0.15) is 5.82 Å². The van der Waals surface area contributed by atoms with E-state index in [9.17, 15) is 4.79 Å². The van der Waals surface area contributed by atoms with E-state index in [1.54, 1.807) is 0 Å². The number of hydrogen-bond donors (Lipinski definition) is 2. The van der Waals surface area contributed by atoms with Crippen LogP contribution in [0.3, 0.4) is 0 Å². The van der Waals surface area contributed by atoms with Crippen molar-refractivity contribution in [3.05, 3.63) is 47.5 Å². The highest BCUT2D eigenvalue weighted by Crippen LogP contribution is 2.43. The van der Waals surface area contributed by atoms with Gasteiger partial charge in [0.2, 0.25) is 0 Å². The van der Waals surface area contributed by atoms with Gasteiger partial charge < -0.3 is 15.2 Å². The molecule has 0 unspecified atom stereocenters. The number of aryl methyl sites for hydroxylation is 1. The SMILES string of the molecule is O=C(NCc1nnc2n1CCCCC2)NCC1(c2ccccc2)CCC1. The Kier molecular flexibility index (Phi) is 4.91. The molecule has 6 heteroatoms. The second kappa shape index (κ2) is 7.48. The average molecular weight is 353 g/mol. The van der Waals surface area contributed by atoms with E-state index in [0.29, 0.717) is 13.1 Å². The fraction of sp³-hybridized carbons (Fsp3) is 0.550. The van der Waals surface area contributed by atoms with E-state index in [0.717, 1.165) is 43.9 Å². The van der Waals surface area contributed by atoms with Gasteiger partial charge in [-0.2, -0.15) is 0 Å². The van der Waals surface area contributed by atoms with Crippen molar-refractivity contribution in [2.45, 2.75) is 63.5 Å². The quantitative estimate of drug-likeness (QED) is 0.868. The summed E-state index contributed by atoms with van der Waals surface area (Å²) in [6, 6.07) is 10.4. The highest BCUT2D eigenvalue weighted by atomic mass is 16.2. The van der Waals surface area contributed by atoms with Gasteiger partial charge in [-0.3, -0.25) is 0 Å². The molecule has 1 aromatic heterocycles. The molecule has 0 spiro atoms. The van der Waals surface area contributed by atoms with Crippen LogP contribution in [0.5, 0.6) is 0 Å². The van der Waals surface area contributed by atoms with E-state index in [2.05, 4.69) is 49.7 Å². The largest absolute Gasteiger partial charge is 0.337 e. The van der Waals surface area contributed by atoms with Crippen molar-refractivity contribution in [1.82, 2.24) is 25.4 Å². The number of urea groups is 1. The Bertz CT molecular complexity index is 751. The summed E-state index contributed by atoms with van der Waals surface area (Å²) in [6.07, 6.45) is 8.04. The molecule has 0 bridgehead atoms. The highest BCUT2D eigenvalue weighted by Gasteiger charge is 2.38. The van der Waals surface area contributed by atoms with Crippen LogP contribution in [0.4, 0.5) is 4.79 Å². The van der Waals surface area contributed by atoms with Crippen LogP contribution in [0.25, 0.3) is 0 Å². The highest BCUT2D eigenvalue weighted by molar-refractivity contribution is 5.73. The lowest BCUT2D eigenvalue weighted by Crippen LogP contribution is -2.48. The summed E-state index contributed by atoms with van der Waals surface area (Å²) in [4.78, 5) is 12.3. The molecular weight excluding hydrogens is 326 g/mol. The van der Waals surface area contributed by atoms with Crippen LogP contribution < -0.4 is 10.6 Å². The number of nitrogens with zero attached hydrogens (tertiary/aromatic N) is 3. The summed E-state index contributed by atoms with van der Waals surface area (Å²) in [5, 5.41) is 14.6. The van der Waals surface area contributed by atoms with Gasteiger partial charge >= 0.3 is 6.03 Å². The zero-order valence-electron chi connectivity index (χ0n) is 15.2. The average Bonchev–Trinajstić information content (AvgIpc) is 2.86. The summed E-state index contributed by atoms with van der Waals surface area (Å²) in [7, 11) is 0. The Hall–Kier alpha value is -2.37. The zero-order valence-corrected chi connectivity index (χ0v) is 15.2. The number of carbonyl (C=O) groups is 1. The molecule has 1 aliphatic carbocycles. The van der Waals surface area contributed by atoms with Gasteiger partial charge in [0, 0.05) is 24.9 Å². The van der Waals surface area contributed by atoms with Crippen LogP contribution in [0.2, 0.25) is 0 Å². The van der Waals surface area contributed by atoms with Crippen LogP contribution >= 0.6 is 0 Å². The van der Waals surface area contributed by atoms with Crippen molar-refractivity contribution >= 4 is 6.03 Å². The summed E-state index contributed by atoms with van der Waals surface area (Å²) < 4.78 is 2.17. The first-order chi connectivity index (χ1) is 12.8. The third-order valence-corrected chi connectivity index (χ3v) is 5.88. The molecule has 2 aliphatic rings. The molecule has 2 heterocycles. The Morgan fingerprint density at radius 2 is 1.88 bits per heavy atom. The Balaban J connectivity index is 1.32. The lowest BCUT2D eigenvalue weighted by molar-refractivity contribution is 0.214. The molecule has 138 valence electrons. The predicted molar refractivity (Wildman–Crippen MR) is 99.8 cm³/mol. The van der Waals surface area contributed by atoms with Crippen molar-refractivity contribution in [2.75, 3.05) is 6.54 Å². The maximum atomic E-state index is 12.3. The van der Waals surface area contributed by atoms with Crippen LogP contribution in [-0.4, -0.2) is 27.3 Å². The third-order valence-electron chi connectivity index (χ3n) is 5.88. The second-order valence-corrected chi connectivity index (χ2v) is 7.53. The molecule has 2 aromatic rings. The normalized spacial score (nSPS) is 18.3. The maximum Gasteiger partial charge on any atom is 0.315 e. The minimum Gasteiger partial charge on any atom is -0.337 e. The Morgan fingerprint density at radius 1 is 1.04 bits per heavy atom. The first-order valence-corrected chi connectivity index (χ1v) is 9.75. The summed E-state index contributed by atoms with van der Waals surface area (Å²) in [5.41, 5.74) is 1.43. The minimum absolute atomic E-state index is 0.102. The molecule has 1 aliphatic heterocycles. The van der Waals surface area contributed by atoms with E-state index >= 15 is 0 Å². The first-order valence-electron chi connectivity index (χ1n) is 9.75. The molecule has 0 radical (unpaired) electrons. The molecule has 2 N–H and O–H groups in total. The van der Waals surface area contributed by atoms with Gasteiger partial charge in [-0.25, -0.2) is 4.79 Å². The van der Waals surface area contributed by atoms with Crippen LogP contribution in [0.15, 0.2) is 30.3 Å². The number of nitrogens with one attached hydrogen (secondary N) is 2. The number of carbonyl (C=O) groups excluding carboxylic acids is 1. The Morgan fingerprint density at radius 3 is 2.65 bits per heavy atom. The summed E-state index contributed by atoms with van der Waals surface area (Å²) in [6.45, 7) is 2.07. The predicted octanol–water partition coefficient (Wildman–Crippen LogP) is 2.93. The van der Waals surface area contributed by atoms with Crippen LogP contribution in [0.1, 0.15) is 55.7 Å². The van der Waals surface area contributed by atoms with Crippen LogP contribution in [-0.2, 0) is 24.9 Å². The fourth-order valence-electron chi connectivity index (χ4n) is 4.11. The molecule has 4 rings (SSSR count). The first kappa shape index (κ1) is 17.1. The summed E-state index contributed by atoms with van der Waals surface area (Å²) in [5.74, 6) is 1.91. The van der Waals surface area contributed by atoms with Gasteiger partial charge in [-0.15, -0.1) is 10.2 Å². The smallest absolute Gasteiger partial charge is 0.315 e. The van der Waals surface area contributed by atoms with Crippen molar-refractivity contribution < 1.29 is 4.79 Å². The van der Waals surface area contributed by atoms with E-state index in [1.165, 1.54) is 24.8 Å². The molecule has 1 fully saturated rings. The number of benzene rings is 1. The van der Waals surface area contributed by atoms with Crippen LogP contribution in [0, 0.1) is 0 Å². The van der Waals surface area contributed by atoms with Gasteiger partial charge in [0.25, 0.3) is 0 Å². The minimum atomic E-state index is -0.127. The number of fused-ring (bicyclic) bond motifs is 1. The van der Waals surface area contributed by atoms with E-state index < -0.39 is 0 Å². The lowest BCUT2D eigenvalue weighted by Gasteiger charge is -2.42. The van der Waals surface area contributed by atoms with Crippen molar-refractivity contribution in [1.29, 1.82) is 0 Å². The third kappa shape index (κ3) is 3.45. The molecule has 0 saturated heterocycles. The van der Waals surface area contributed by atoms with Gasteiger partial charge in [-0.05, 0) is 31.2 Å². The second-order valence-electron chi connectivity index (χ2n) is 7.53. The van der Waals surface area contributed by atoms with Crippen molar-refractivity contribution in [2.24, 2.45) is 0 Å². The molecule has 1 aromatic carbocycles. The number of rotatable bonds is 5. The lowest BCUT2D eigenvalue weighted by atomic mass is 9.64. The van der Waals surface area contributed by atoms with Gasteiger partial charge in [0.05, 0.1) is 6.54 Å². The maximum absolute atomic E-state index is 12.3. The molecule has 1 saturated carbocycles. The molecular formula is C20H27N5O. The number of aromatic nitrogens is 3. The fourth-order valence-corrected chi connectivity index (χ4v) is 4.11. The monoisotopic (exact) mass is 353 g/mol. The van der Waals surface area contributed by atoms with E-state index in [-0.39, 0.29) is 11.4 Å². The van der Waals surface area contributed by atoms with Crippen molar-refractivity contribution in [3.8, 4) is 0 Å². The molecule has 6 nitrogen and oxygen atoms in total. The van der Waals surface area contributed by atoms with Gasteiger partial charge in [0.15, 0.2) is 5.82 Å². The number of amides is 2. The number of hydrogen-bond acceptors (Lipinski definition) is 3. The topological polar surface area (TPSA) is 71.8 Å². The molecule has 0 atom stereocenters. The summed E-state index contributed by atoms with van der Waals surface area (Å²) >= 11 is 0. The van der Waals surface area contributed by atoms with Gasteiger partial charge in [-0.1, -0.05) is 43.2 Å². The Labute approximate surface area is 154 Å². The molecule has 2 amide bonds. The van der Waals surface area contributed by atoms with Crippen molar-refractivity contribution in [3.63, 3.8) is 0 Å². The van der Waals surface area contributed by atoms with E-state index in [1.807, 2.05) is 6.07 Å².